The summed E-state index contributed by atoms with van der Waals surface area (Å²) in [5.41, 5.74) is 1.04. The first kappa shape index (κ1) is 16.9. The molecule has 0 spiro atoms. The van der Waals surface area contributed by atoms with Crippen LogP contribution in [0.25, 0.3) is 5.82 Å². The molecule has 0 bridgehead atoms. The first-order valence-corrected chi connectivity index (χ1v) is 8.97. The maximum atomic E-state index is 5.90. The molecule has 3 aromatic rings. The van der Waals surface area contributed by atoms with Gasteiger partial charge in [0.2, 0.25) is 0 Å². The minimum atomic E-state index is 0.671. The molecule has 4 heterocycles. The Balaban J connectivity index is 1.40. The molecular formula is C18H20ClN7. The van der Waals surface area contributed by atoms with Gasteiger partial charge < -0.3 is 4.90 Å². The number of imidazole rings is 1. The maximum absolute atomic E-state index is 5.90. The average Bonchev–Trinajstić information content (AvgIpc) is 3.10. The highest BCUT2D eigenvalue weighted by atomic mass is 35.5. The predicted molar refractivity (Wildman–Crippen MR) is 101 cm³/mol. The first-order chi connectivity index (χ1) is 12.7. The Morgan fingerprint density at radius 1 is 1.00 bits per heavy atom. The molecule has 134 valence electrons. The van der Waals surface area contributed by atoms with Gasteiger partial charge in [-0.3, -0.25) is 19.4 Å². The Bertz CT molecular complexity index is 869. The zero-order chi connectivity index (χ0) is 17.9. The second-order valence-electron chi connectivity index (χ2n) is 6.31. The van der Waals surface area contributed by atoms with Gasteiger partial charge in [-0.25, -0.2) is 9.97 Å². The van der Waals surface area contributed by atoms with Gasteiger partial charge in [-0.1, -0.05) is 11.6 Å². The second-order valence-corrected chi connectivity index (χ2v) is 6.75. The van der Waals surface area contributed by atoms with Crippen LogP contribution in [0.4, 0.5) is 5.82 Å². The molecule has 4 rings (SSSR count). The van der Waals surface area contributed by atoms with Gasteiger partial charge in [-0.05, 0) is 19.1 Å². The summed E-state index contributed by atoms with van der Waals surface area (Å²) in [7, 11) is 0. The van der Waals surface area contributed by atoms with Gasteiger partial charge in [-0.2, -0.15) is 0 Å². The molecule has 0 radical (unpaired) electrons. The molecule has 0 aliphatic carbocycles. The van der Waals surface area contributed by atoms with Gasteiger partial charge in [-0.15, -0.1) is 0 Å². The Morgan fingerprint density at radius 2 is 1.81 bits per heavy atom. The Labute approximate surface area is 157 Å². The van der Waals surface area contributed by atoms with Crippen LogP contribution in [0.2, 0.25) is 5.02 Å². The molecule has 1 fully saturated rings. The molecule has 1 aliphatic rings. The van der Waals surface area contributed by atoms with Crippen molar-refractivity contribution in [2.75, 3.05) is 31.1 Å². The quantitative estimate of drug-likeness (QED) is 0.703. The van der Waals surface area contributed by atoms with Crippen molar-refractivity contribution in [3.05, 3.63) is 59.7 Å². The van der Waals surface area contributed by atoms with Crippen LogP contribution in [0, 0.1) is 6.92 Å². The number of anilines is 1. The number of nitrogens with zero attached hydrogens (tertiary/aromatic N) is 7. The summed E-state index contributed by atoms with van der Waals surface area (Å²) < 4.78 is 1.94. The fraction of sp³-hybridized carbons (Fsp3) is 0.333. The van der Waals surface area contributed by atoms with Crippen LogP contribution in [-0.2, 0) is 6.54 Å². The molecule has 1 saturated heterocycles. The smallest absolute Gasteiger partial charge is 0.159 e. The van der Waals surface area contributed by atoms with Crippen LogP contribution in [-0.4, -0.2) is 55.6 Å². The summed E-state index contributed by atoms with van der Waals surface area (Å²) in [6.07, 6.45) is 8.96. The summed E-state index contributed by atoms with van der Waals surface area (Å²) in [5.74, 6) is 2.60. The summed E-state index contributed by atoms with van der Waals surface area (Å²) in [6.45, 7) is 6.53. The Hall–Kier alpha value is -2.51. The lowest BCUT2D eigenvalue weighted by Crippen LogP contribution is -2.46. The topological polar surface area (TPSA) is 63.0 Å². The molecule has 7 nitrogen and oxygen atoms in total. The molecule has 1 aliphatic heterocycles. The van der Waals surface area contributed by atoms with Gasteiger partial charge in [0.05, 0.1) is 23.1 Å². The van der Waals surface area contributed by atoms with Gasteiger partial charge in [0.25, 0.3) is 0 Å². The normalized spacial score (nSPS) is 15.4. The Kier molecular flexibility index (Phi) is 4.81. The first-order valence-electron chi connectivity index (χ1n) is 8.59. The van der Waals surface area contributed by atoms with E-state index in [1.165, 1.54) is 0 Å². The van der Waals surface area contributed by atoms with Gasteiger partial charge >= 0.3 is 0 Å². The summed E-state index contributed by atoms with van der Waals surface area (Å²) >= 11 is 5.90. The van der Waals surface area contributed by atoms with Gasteiger partial charge in [0.15, 0.2) is 5.82 Å². The van der Waals surface area contributed by atoms with Gasteiger partial charge in [0.1, 0.15) is 11.6 Å². The van der Waals surface area contributed by atoms with Crippen LogP contribution in [0.1, 0.15) is 11.5 Å². The van der Waals surface area contributed by atoms with Crippen LogP contribution in [0.15, 0.2) is 43.1 Å². The van der Waals surface area contributed by atoms with E-state index in [1.54, 1.807) is 18.6 Å². The van der Waals surface area contributed by atoms with E-state index in [9.17, 15) is 0 Å². The van der Waals surface area contributed by atoms with Gasteiger partial charge in [0, 0.05) is 51.3 Å². The molecule has 0 unspecified atom stereocenters. The lowest BCUT2D eigenvalue weighted by Gasteiger charge is -2.35. The molecule has 0 aromatic carbocycles. The predicted octanol–water partition coefficient (Wildman–Crippen LogP) is 2.34. The monoisotopic (exact) mass is 369 g/mol. The summed E-state index contributed by atoms with van der Waals surface area (Å²) in [6, 6.07) is 3.87. The number of hydrogen-bond donors (Lipinski definition) is 0. The highest BCUT2D eigenvalue weighted by Crippen LogP contribution is 2.17. The number of aryl methyl sites for hydroxylation is 1. The molecule has 3 aromatic heterocycles. The third-order valence-electron chi connectivity index (χ3n) is 4.55. The van der Waals surface area contributed by atoms with E-state index in [-0.39, 0.29) is 0 Å². The molecule has 0 saturated carbocycles. The lowest BCUT2D eigenvalue weighted by molar-refractivity contribution is 0.246. The maximum Gasteiger partial charge on any atom is 0.159 e. The van der Waals surface area contributed by atoms with Crippen molar-refractivity contribution in [3.8, 4) is 5.82 Å². The summed E-state index contributed by atoms with van der Waals surface area (Å²) in [5, 5.41) is 0.671. The van der Waals surface area contributed by atoms with Crippen molar-refractivity contribution in [1.82, 2.24) is 29.4 Å². The van der Waals surface area contributed by atoms with Crippen molar-refractivity contribution in [3.63, 3.8) is 0 Å². The number of aromatic nitrogens is 5. The fourth-order valence-electron chi connectivity index (χ4n) is 3.10. The molecule has 0 amide bonds. The van der Waals surface area contributed by atoms with E-state index < -0.39 is 0 Å². The number of pyridine rings is 1. The summed E-state index contributed by atoms with van der Waals surface area (Å²) in [4.78, 5) is 22.4. The van der Waals surface area contributed by atoms with E-state index in [1.807, 2.05) is 36.0 Å². The van der Waals surface area contributed by atoms with Crippen molar-refractivity contribution in [1.29, 1.82) is 0 Å². The molecule has 26 heavy (non-hydrogen) atoms. The molecule has 0 N–H and O–H groups in total. The third-order valence-corrected chi connectivity index (χ3v) is 4.78. The molecule has 8 heteroatoms. The second kappa shape index (κ2) is 7.39. The zero-order valence-electron chi connectivity index (χ0n) is 14.6. The van der Waals surface area contributed by atoms with Crippen molar-refractivity contribution in [2.45, 2.75) is 13.5 Å². The van der Waals surface area contributed by atoms with E-state index in [0.29, 0.717) is 5.02 Å². The lowest BCUT2D eigenvalue weighted by atomic mass is 10.2. The third kappa shape index (κ3) is 3.68. The van der Waals surface area contributed by atoms with Crippen LogP contribution in [0.5, 0.6) is 0 Å². The Morgan fingerprint density at radius 3 is 2.50 bits per heavy atom. The molecular weight excluding hydrogens is 350 g/mol. The van der Waals surface area contributed by atoms with Crippen molar-refractivity contribution in [2.24, 2.45) is 0 Å². The van der Waals surface area contributed by atoms with Crippen molar-refractivity contribution < 1.29 is 0 Å². The van der Waals surface area contributed by atoms with Crippen LogP contribution in [0.3, 0.4) is 0 Å². The minimum absolute atomic E-state index is 0.671. The van der Waals surface area contributed by atoms with Crippen LogP contribution >= 0.6 is 11.6 Å². The standard InChI is InChI=1S/C18H20ClN7/c1-14-21-4-5-26(14)18-12-20-11-17(23-18)25-8-6-24(7-9-25)13-16-3-2-15(19)10-22-16/h2-5,10-12H,6-9,13H2,1H3. The SMILES string of the molecule is Cc1nccn1-c1cncc(N2CCN(Cc3ccc(Cl)cn3)CC2)n1. The number of halogens is 1. The fourth-order valence-corrected chi connectivity index (χ4v) is 3.21. The van der Waals surface area contributed by atoms with Crippen molar-refractivity contribution >= 4 is 17.4 Å². The molecule has 0 atom stereocenters. The highest BCUT2D eigenvalue weighted by molar-refractivity contribution is 6.30. The zero-order valence-corrected chi connectivity index (χ0v) is 15.3. The largest absolute Gasteiger partial charge is 0.353 e. The highest BCUT2D eigenvalue weighted by Gasteiger charge is 2.19. The number of piperazine rings is 1. The van der Waals surface area contributed by atoms with E-state index in [2.05, 4.69) is 24.8 Å². The average molecular weight is 370 g/mol. The minimum Gasteiger partial charge on any atom is -0.353 e. The number of hydrogen-bond acceptors (Lipinski definition) is 6. The van der Waals surface area contributed by atoms with E-state index in [0.717, 1.165) is 55.9 Å². The van der Waals surface area contributed by atoms with E-state index >= 15 is 0 Å². The van der Waals surface area contributed by atoms with Crippen LogP contribution < -0.4 is 4.90 Å². The van der Waals surface area contributed by atoms with E-state index in [4.69, 9.17) is 16.6 Å². The number of rotatable bonds is 4.